The number of benzene rings is 1. The lowest BCUT2D eigenvalue weighted by molar-refractivity contribution is -0.148. The number of sulfonamides is 1. The zero-order valence-electron chi connectivity index (χ0n) is 56.3. The number of likely N-dealkylation sites (N-methyl/N-ethyl adjacent to an activating group) is 2. The monoisotopic (exact) mass is 1290 g/mol. The van der Waals surface area contributed by atoms with E-state index in [0.29, 0.717) is 31.4 Å². The van der Waals surface area contributed by atoms with Gasteiger partial charge in [-0.05, 0) is 87.1 Å². The van der Waals surface area contributed by atoms with Crippen molar-refractivity contribution in [2.24, 2.45) is 59.0 Å². The second-order valence-corrected chi connectivity index (χ2v) is 27.5. The van der Waals surface area contributed by atoms with Crippen molar-refractivity contribution >= 4 is 68.8 Å². The number of Topliss-reactive ketones (excluding diaryl/α,β-unsaturated/α-hetero) is 3. The molecule has 2 aliphatic heterocycles. The highest BCUT2D eigenvalue weighted by atomic mass is 32.2. The van der Waals surface area contributed by atoms with Crippen molar-refractivity contribution in [2.45, 2.75) is 182 Å². The number of nitrogens with two attached hydrogens (primary N) is 1. The lowest BCUT2D eigenvalue weighted by atomic mass is 9.83. The molecule has 11 atom stereocenters. The second-order valence-electron chi connectivity index (χ2n) is 25.8. The second kappa shape index (κ2) is 38.3. The maximum absolute atomic E-state index is 14.4. The van der Waals surface area contributed by atoms with E-state index in [4.69, 9.17) is 24.7 Å². The van der Waals surface area contributed by atoms with Gasteiger partial charge in [-0.3, -0.25) is 53.0 Å². The van der Waals surface area contributed by atoms with E-state index in [-0.39, 0.29) is 180 Å². The third-order valence-electron chi connectivity index (χ3n) is 17.9. The highest BCUT2D eigenvalue weighted by Gasteiger charge is 2.43. The zero-order chi connectivity index (χ0) is 67.7. The van der Waals surface area contributed by atoms with Gasteiger partial charge >= 0.3 is 6.03 Å². The summed E-state index contributed by atoms with van der Waals surface area (Å²) < 4.78 is 52.4. The summed E-state index contributed by atoms with van der Waals surface area (Å²) >= 11 is 0. The lowest BCUT2D eigenvalue weighted by Crippen LogP contribution is -2.54. The van der Waals surface area contributed by atoms with Crippen molar-refractivity contribution < 1.29 is 75.3 Å². The summed E-state index contributed by atoms with van der Waals surface area (Å²) in [4.78, 5) is 139. The number of nitrogens with zero attached hydrogens (tertiary/aromatic N) is 4. The summed E-state index contributed by atoms with van der Waals surface area (Å²) in [5.74, 6) is -6.19. The first-order valence-corrected chi connectivity index (χ1v) is 33.7. The van der Waals surface area contributed by atoms with E-state index in [1.54, 1.807) is 44.5 Å². The van der Waals surface area contributed by atoms with Crippen LogP contribution in [0.1, 0.15) is 146 Å². The number of carbonyl (C=O) groups excluding carboxylic acids is 10. The molecule has 0 aromatic heterocycles. The van der Waals surface area contributed by atoms with E-state index in [1.165, 1.54) is 36.3 Å². The molecule has 0 aliphatic carbocycles. The Kier molecular flexibility index (Phi) is 33.4. The van der Waals surface area contributed by atoms with Gasteiger partial charge in [-0.25, -0.2) is 17.9 Å². The first kappa shape index (κ1) is 78.5. The quantitative estimate of drug-likeness (QED) is 0.0496. The third-order valence-corrected chi connectivity index (χ3v) is 19.2. The molecule has 90 heavy (non-hydrogen) atoms. The molecule has 1 unspecified atom stereocenters. The van der Waals surface area contributed by atoms with Gasteiger partial charge in [-0.15, -0.1) is 0 Å². The molecule has 0 spiro atoms. The van der Waals surface area contributed by atoms with Crippen LogP contribution in [0.15, 0.2) is 29.2 Å². The highest BCUT2D eigenvalue weighted by Crippen LogP contribution is 2.33. The minimum absolute atomic E-state index is 0.00231. The first-order chi connectivity index (χ1) is 42.3. The summed E-state index contributed by atoms with van der Waals surface area (Å²) in [6, 6.07) is 2.37. The predicted octanol–water partition coefficient (Wildman–Crippen LogP) is 4.96. The Bertz CT molecular complexity index is 2650. The fraction of sp³-hybridized carbons (Fsp3) is 0.754. The number of imide groups is 1. The molecule has 2 aliphatic rings. The smallest absolute Gasteiger partial charge is 0.312 e. The van der Waals surface area contributed by atoms with Crippen LogP contribution >= 0.6 is 0 Å². The molecule has 0 bridgehead atoms. The van der Waals surface area contributed by atoms with E-state index in [9.17, 15) is 56.4 Å². The number of methoxy groups -OCH3 is 1. The minimum Gasteiger partial charge on any atom is -0.379 e. The van der Waals surface area contributed by atoms with Crippen molar-refractivity contribution in [1.29, 1.82) is 0 Å². The molecule has 5 N–H and O–H groups in total. The minimum atomic E-state index is -4.42. The molecule has 0 radical (unpaired) electrons. The van der Waals surface area contributed by atoms with Gasteiger partial charge in [0.05, 0.1) is 81.7 Å². The Hall–Kier alpha value is -5.73. The Labute approximate surface area is 535 Å². The number of ketones is 3. The van der Waals surface area contributed by atoms with E-state index >= 15 is 0 Å². The summed E-state index contributed by atoms with van der Waals surface area (Å²) in [7, 11) is 2.55. The summed E-state index contributed by atoms with van der Waals surface area (Å²) in [5.41, 5.74) is 5.67. The number of rotatable bonds is 43. The standard InChI is InChI=1S/C65H108N8O16S/c1-16-43(8)60(71(14)64(82)51(41(4)5)38-55(76)59(42(6)7)70(12)13)56(86-15)39-58(78)72-27-18-20-53(72)45(10)46(11)61(79)69-90(84,85)49-23-21-47(22-24-49)36-54(75)52(19-17-26-67-65(66)83)68-62(80)50(40(2)3)37-48(74)25-29-87-31-33-89-34-32-88-30-28-73-57(77)35-44(9)63(73)81/h21-24,40-46,50-53,56,59-60H,16-20,25-39H2,1-15H3,(H,68,80)(H,69,79)(H3,66,67,83)/t43-,44?,45+,46+,50-,51-,52-,53-,56+,59-,60-/m0/s1. The van der Waals surface area contributed by atoms with Crippen LogP contribution in [0.4, 0.5) is 4.79 Å². The number of likely N-dealkylation sites (tertiary alicyclic amines) is 2. The van der Waals surface area contributed by atoms with Crippen molar-refractivity contribution in [3.8, 4) is 0 Å². The molecule has 3 rings (SSSR count). The molecular weight excluding hydrogens is 1180 g/mol. The van der Waals surface area contributed by atoms with Gasteiger partial charge in [0.2, 0.25) is 35.4 Å². The maximum atomic E-state index is 14.4. The highest BCUT2D eigenvalue weighted by molar-refractivity contribution is 7.90. The number of carbonyl (C=O) groups is 10. The van der Waals surface area contributed by atoms with Gasteiger partial charge in [0.15, 0.2) is 11.6 Å². The SMILES string of the molecule is CC[C@H](C)[C@@H]([C@@H](CC(=O)N1CCC[C@H]1[C@H](C)[C@@H](C)C(=O)NS(=O)(=O)c1ccc(CC(=O)[C@H](CCCNC(N)=O)NC(=O)[C@@H](CC(=O)CCOCCOCCOCCN2C(=O)CC(C)C2=O)C(C)C)cc1)OC)N(C)C(=O)[C@@H](CC(=O)[C@H](C(C)C)N(C)C)C(C)C. The van der Waals surface area contributed by atoms with Crippen LogP contribution in [0.5, 0.6) is 0 Å². The van der Waals surface area contributed by atoms with Crippen molar-refractivity contribution in [2.75, 3.05) is 87.5 Å². The number of amides is 8. The van der Waals surface area contributed by atoms with E-state index < -0.39 is 81.6 Å². The summed E-state index contributed by atoms with van der Waals surface area (Å²) in [6.07, 6.45) is 1.55. The third kappa shape index (κ3) is 24.1. The molecule has 510 valence electrons. The average molecular weight is 1290 g/mol. The molecule has 1 aromatic rings. The van der Waals surface area contributed by atoms with Crippen LogP contribution in [0.2, 0.25) is 0 Å². The largest absolute Gasteiger partial charge is 0.379 e. The summed E-state index contributed by atoms with van der Waals surface area (Å²) in [6.45, 7) is 22.6. The van der Waals surface area contributed by atoms with E-state index in [1.807, 2.05) is 67.5 Å². The van der Waals surface area contributed by atoms with Gasteiger partial charge in [-0.2, -0.15) is 0 Å². The molecule has 1 aromatic carbocycles. The van der Waals surface area contributed by atoms with Crippen LogP contribution in [0.3, 0.4) is 0 Å². The molecule has 0 saturated carbocycles. The fourth-order valence-corrected chi connectivity index (χ4v) is 13.2. The average Bonchev–Trinajstić information content (AvgIpc) is 2.42. The number of hydrogen-bond donors (Lipinski definition) is 4. The number of nitrogens with one attached hydrogen (secondary N) is 3. The van der Waals surface area contributed by atoms with Crippen LogP contribution in [0.25, 0.3) is 0 Å². The normalized spacial score (nSPS) is 18.5. The number of hydrogen-bond acceptors (Lipinski definition) is 17. The number of urea groups is 1. The molecule has 24 nitrogen and oxygen atoms in total. The topological polar surface area (TPSA) is 317 Å². The molecule has 8 amide bonds. The van der Waals surface area contributed by atoms with Crippen molar-refractivity contribution in [1.82, 2.24) is 35.0 Å². The molecule has 2 saturated heterocycles. The zero-order valence-corrected chi connectivity index (χ0v) is 57.2. The van der Waals surface area contributed by atoms with Gasteiger partial charge in [0, 0.05) is 89.1 Å². The molecule has 2 heterocycles. The van der Waals surface area contributed by atoms with Gasteiger partial charge < -0.3 is 45.1 Å². The van der Waals surface area contributed by atoms with Crippen LogP contribution in [-0.2, 0) is 78.5 Å². The summed E-state index contributed by atoms with van der Waals surface area (Å²) in [5, 5.41) is 5.30. The van der Waals surface area contributed by atoms with Gasteiger partial charge in [0.25, 0.3) is 10.0 Å². The Balaban J connectivity index is 1.61. The Morgan fingerprint density at radius 3 is 1.90 bits per heavy atom. The molecule has 2 fully saturated rings. The number of primary amides is 1. The van der Waals surface area contributed by atoms with Gasteiger partial charge in [-0.1, -0.05) is 94.7 Å². The van der Waals surface area contributed by atoms with E-state index in [2.05, 4.69) is 15.4 Å². The molecular formula is C65H108N8O16S. The molecule has 25 heteroatoms. The predicted molar refractivity (Wildman–Crippen MR) is 340 cm³/mol. The van der Waals surface area contributed by atoms with Crippen LogP contribution < -0.4 is 21.1 Å². The van der Waals surface area contributed by atoms with Crippen LogP contribution in [0, 0.1) is 53.3 Å². The maximum Gasteiger partial charge on any atom is 0.312 e. The van der Waals surface area contributed by atoms with E-state index in [0.717, 1.165) is 0 Å². The van der Waals surface area contributed by atoms with Crippen molar-refractivity contribution in [3.05, 3.63) is 29.8 Å². The van der Waals surface area contributed by atoms with Gasteiger partial charge in [0.1, 0.15) is 5.78 Å². The Morgan fingerprint density at radius 1 is 0.767 bits per heavy atom. The fourth-order valence-electron chi connectivity index (χ4n) is 12.2. The van der Waals surface area contributed by atoms with Crippen LogP contribution in [-0.4, -0.2) is 205 Å². The first-order valence-electron chi connectivity index (χ1n) is 32.2. The number of ether oxygens (including phenoxy) is 4. The Morgan fingerprint density at radius 2 is 1.37 bits per heavy atom. The lowest BCUT2D eigenvalue weighted by Gasteiger charge is -2.41. The van der Waals surface area contributed by atoms with Crippen molar-refractivity contribution in [3.63, 3.8) is 0 Å².